The summed E-state index contributed by atoms with van der Waals surface area (Å²) >= 11 is 0. The third-order valence-electron chi connectivity index (χ3n) is 5.07. The van der Waals surface area contributed by atoms with Crippen LogP contribution in [0.5, 0.6) is 0 Å². The van der Waals surface area contributed by atoms with Gasteiger partial charge in [0.15, 0.2) is 0 Å². The van der Waals surface area contributed by atoms with Crippen LogP contribution in [0.2, 0.25) is 0 Å². The number of hydrogen-bond donors (Lipinski definition) is 2. The number of carbonyl (C=O) groups is 2. The van der Waals surface area contributed by atoms with Gasteiger partial charge < -0.3 is 10.4 Å². The number of benzene rings is 1. The highest BCUT2D eigenvalue weighted by Gasteiger charge is 2.23. The summed E-state index contributed by atoms with van der Waals surface area (Å²) in [5.74, 6) is 0.0512. The first-order valence-corrected chi connectivity index (χ1v) is 9.07. The van der Waals surface area contributed by atoms with Gasteiger partial charge in [-0.15, -0.1) is 0 Å². The highest BCUT2D eigenvalue weighted by Crippen LogP contribution is 2.37. The molecule has 2 N–H and O–H groups in total. The van der Waals surface area contributed by atoms with Crippen molar-refractivity contribution < 1.29 is 14.7 Å². The van der Waals surface area contributed by atoms with Crippen molar-refractivity contribution in [3.8, 4) is 11.3 Å². The fourth-order valence-corrected chi connectivity index (χ4v) is 3.71. The van der Waals surface area contributed by atoms with E-state index in [2.05, 4.69) is 34.6 Å². The molecule has 1 heterocycles. The number of rotatable bonds is 5. The molecule has 0 unspecified atom stereocenters. The molecule has 26 heavy (non-hydrogen) atoms. The minimum atomic E-state index is -0.685. The maximum Gasteiger partial charge on any atom is 0.303 e. The normalized spacial score (nSPS) is 19.7. The summed E-state index contributed by atoms with van der Waals surface area (Å²) in [5, 5.41) is 11.6. The van der Waals surface area contributed by atoms with Crippen molar-refractivity contribution in [1.29, 1.82) is 0 Å². The molecule has 0 aliphatic heterocycles. The molecule has 3 rings (SSSR count). The van der Waals surface area contributed by atoms with Gasteiger partial charge in [0.05, 0.1) is 17.6 Å². The van der Waals surface area contributed by atoms with E-state index in [1.807, 2.05) is 12.1 Å². The Morgan fingerprint density at radius 2 is 1.77 bits per heavy atom. The number of nitrogens with one attached hydrogen (secondary N) is 1. The van der Waals surface area contributed by atoms with Gasteiger partial charge in [-0.25, -0.2) is 0 Å². The molecule has 0 atom stereocenters. The fourth-order valence-electron chi connectivity index (χ4n) is 3.71. The Morgan fingerprint density at radius 1 is 1.08 bits per heavy atom. The van der Waals surface area contributed by atoms with Crippen LogP contribution in [0.1, 0.15) is 50.5 Å². The molecule has 0 radical (unpaired) electrons. The summed E-state index contributed by atoms with van der Waals surface area (Å²) in [4.78, 5) is 26.3. The molecular weight excluding hydrogens is 328 g/mol. The van der Waals surface area contributed by atoms with E-state index in [0.717, 1.165) is 36.9 Å². The maximum atomic E-state index is 11.1. The van der Waals surface area contributed by atoms with E-state index in [1.165, 1.54) is 12.5 Å². The van der Waals surface area contributed by atoms with Gasteiger partial charge >= 0.3 is 5.97 Å². The smallest absolute Gasteiger partial charge is 0.303 e. The van der Waals surface area contributed by atoms with E-state index >= 15 is 0 Å². The van der Waals surface area contributed by atoms with Crippen molar-refractivity contribution >= 4 is 17.6 Å². The van der Waals surface area contributed by atoms with Crippen LogP contribution in [0, 0.1) is 5.92 Å². The van der Waals surface area contributed by atoms with E-state index in [1.54, 1.807) is 6.20 Å². The number of aliphatic carboxylic acids is 1. The number of pyridine rings is 1. The molecule has 1 aromatic heterocycles. The zero-order valence-corrected chi connectivity index (χ0v) is 14.9. The minimum absolute atomic E-state index is 0.109. The number of nitrogens with zero attached hydrogens (tertiary/aromatic N) is 1. The Bertz CT molecular complexity index is 761. The van der Waals surface area contributed by atoms with Gasteiger partial charge in [-0.05, 0) is 55.2 Å². The lowest BCUT2D eigenvalue weighted by Gasteiger charge is -2.28. The van der Waals surface area contributed by atoms with Crippen LogP contribution < -0.4 is 5.32 Å². The number of amides is 1. The van der Waals surface area contributed by atoms with Crippen molar-refractivity contribution in [2.45, 2.75) is 44.9 Å². The lowest BCUT2D eigenvalue weighted by atomic mass is 9.77. The van der Waals surface area contributed by atoms with Gasteiger partial charge in [0, 0.05) is 18.9 Å². The second-order valence-electron chi connectivity index (χ2n) is 7.05. The highest BCUT2D eigenvalue weighted by molar-refractivity contribution is 5.88. The lowest BCUT2D eigenvalue weighted by Crippen LogP contribution is -2.16. The summed E-state index contributed by atoms with van der Waals surface area (Å²) < 4.78 is 0. The maximum absolute atomic E-state index is 11.1. The molecule has 1 fully saturated rings. The average Bonchev–Trinajstić information content (AvgIpc) is 2.62. The largest absolute Gasteiger partial charge is 0.481 e. The SMILES string of the molecule is CC(=O)Nc1ccc(-c2ccc(C3CCC(CC(=O)O)CC3)cc2)nc1. The predicted octanol–water partition coefficient (Wildman–Crippen LogP) is 4.46. The number of anilines is 1. The Morgan fingerprint density at radius 3 is 2.31 bits per heavy atom. The molecule has 136 valence electrons. The van der Waals surface area contributed by atoms with Gasteiger partial charge in [-0.3, -0.25) is 14.6 Å². The van der Waals surface area contributed by atoms with Crippen molar-refractivity contribution in [1.82, 2.24) is 4.98 Å². The summed E-state index contributed by atoms with van der Waals surface area (Å²) in [6.45, 7) is 1.47. The second-order valence-corrected chi connectivity index (χ2v) is 7.05. The van der Waals surface area contributed by atoms with Crippen molar-refractivity contribution in [2.75, 3.05) is 5.32 Å². The first-order valence-electron chi connectivity index (χ1n) is 9.07. The van der Waals surface area contributed by atoms with Gasteiger partial charge in [-0.1, -0.05) is 24.3 Å². The standard InChI is InChI=1S/C21H24N2O3/c1-14(24)23-19-10-11-20(22-13-19)18-8-6-17(7-9-18)16-4-2-15(3-5-16)12-21(25)26/h6-11,13,15-16H,2-5,12H2,1H3,(H,23,24)(H,25,26). The molecule has 1 aromatic carbocycles. The molecule has 2 aromatic rings. The summed E-state index contributed by atoms with van der Waals surface area (Å²) in [6.07, 6.45) is 6.05. The molecule has 1 saturated carbocycles. The van der Waals surface area contributed by atoms with Gasteiger partial charge in [0.1, 0.15) is 0 Å². The van der Waals surface area contributed by atoms with Crippen molar-refractivity contribution in [2.24, 2.45) is 5.92 Å². The third-order valence-corrected chi connectivity index (χ3v) is 5.07. The van der Waals surface area contributed by atoms with Crippen LogP contribution in [-0.2, 0) is 9.59 Å². The molecule has 0 saturated heterocycles. The van der Waals surface area contributed by atoms with Crippen LogP contribution in [0.25, 0.3) is 11.3 Å². The Labute approximate surface area is 153 Å². The zero-order chi connectivity index (χ0) is 18.5. The lowest BCUT2D eigenvalue weighted by molar-refractivity contribution is -0.138. The molecule has 0 bridgehead atoms. The summed E-state index contributed by atoms with van der Waals surface area (Å²) in [5.41, 5.74) is 3.92. The number of carbonyl (C=O) groups excluding carboxylic acids is 1. The molecule has 1 aliphatic carbocycles. The number of hydrogen-bond acceptors (Lipinski definition) is 3. The van der Waals surface area contributed by atoms with Gasteiger partial charge in [-0.2, -0.15) is 0 Å². The summed E-state index contributed by atoms with van der Waals surface area (Å²) in [6, 6.07) is 12.2. The topological polar surface area (TPSA) is 79.3 Å². The van der Waals surface area contributed by atoms with E-state index in [9.17, 15) is 9.59 Å². The Kier molecular flexibility index (Phi) is 5.66. The van der Waals surface area contributed by atoms with Gasteiger partial charge in [0.2, 0.25) is 5.91 Å². The first kappa shape index (κ1) is 18.1. The number of carboxylic acids is 1. The van der Waals surface area contributed by atoms with Crippen LogP contribution in [-0.4, -0.2) is 22.0 Å². The van der Waals surface area contributed by atoms with E-state index < -0.39 is 5.97 Å². The quantitative estimate of drug-likeness (QED) is 0.833. The molecule has 1 aliphatic rings. The van der Waals surface area contributed by atoms with Crippen LogP contribution >= 0.6 is 0 Å². The van der Waals surface area contributed by atoms with Crippen LogP contribution in [0.15, 0.2) is 42.6 Å². The predicted molar refractivity (Wildman–Crippen MR) is 101 cm³/mol. The minimum Gasteiger partial charge on any atom is -0.481 e. The first-order chi connectivity index (χ1) is 12.5. The number of carboxylic acid groups (broad SMARTS) is 1. The third kappa shape index (κ3) is 4.69. The molecular formula is C21H24N2O3. The molecule has 5 nitrogen and oxygen atoms in total. The molecule has 1 amide bonds. The fraction of sp³-hybridized carbons (Fsp3) is 0.381. The second kappa shape index (κ2) is 8.13. The molecule has 5 heteroatoms. The van der Waals surface area contributed by atoms with Crippen molar-refractivity contribution in [3.05, 3.63) is 48.2 Å². The zero-order valence-electron chi connectivity index (χ0n) is 14.9. The van der Waals surface area contributed by atoms with Gasteiger partial charge in [0.25, 0.3) is 0 Å². The van der Waals surface area contributed by atoms with E-state index in [-0.39, 0.29) is 5.91 Å². The molecule has 0 spiro atoms. The summed E-state index contributed by atoms with van der Waals surface area (Å²) in [7, 11) is 0. The van der Waals surface area contributed by atoms with Crippen molar-refractivity contribution in [3.63, 3.8) is 0 Å². The van der Waals surface area contributed by atoms with Crippen LogP contribution in [0.3, 0.4) is 0 Å². The van der Waals surface area contributed by atoms with E-state index in [4.69, 9.17) is 5.11 Å². The Balaban J connectivity index is 1.62. The highest BCUT2D eigenvalue weighted by atomic mass is 16.4. The number of aromatic nitrogens is 1. The Hall–Kier alpha value is -2.69. The van der Waals surface area contributed by atoms with E-state index in [0.29, 0.717) is 23.9 Å². The average molecular weight is 352 g/mol. The van der Waals surface area contributed by atoms with Crippen LogP contribution in [0.4, 0.5) is 5.69 Å². The monoisotopic (exact) mass is 352 g/mol.